The quantitative estimate of drug-likeness (QED) is 0.937. The van der Waals surface area contributed by atoms with Gasteiger partial charge in [0.2, 0.25) is 0 Å². The molecule has 0 aliphatic carbocycles. The molecule has 0 aliphatic heterocycles. The zero-order valence-electron chi connectivity index (χ0n) is 13.5. The first-order valence-corrected chi connectivity index (χ1v) is 8.84. The molecule has 0 aliphatic rings. The Labute approximate surface area is 131 Å². The van der Waals surface area contributed by atoms with Gasteiger partial charge in [-0.15, -0.1) is 0 Å². The lowest BCUT2D eigenvalue weighted by molar-refractivity contribution is 0.461. The van der Waals surface area contributed by atoms with E-state index in [1.807, 2.05) is 13.8 Å². The maximum Gasteiger partial charge on any atom is 0.181 e. The van der Waals surface area contributed by atoms with Crippen LogP contribution in [-0.2, 0) is 9.84 Å². The van der Waals surface area contributed by atoms with Gasteiger partial charge in [-0.25, -0.2) is 8.42 Å². The van der Waals surface area contributed by atoms with Crippen LogP contribution in [0.2, 0.25) is 0 Å². The van der Waals surface area contributed by atoms with E-state index in [4.69, 9.17) is 0 Å². The van der Waals surface area contributed by atoms with E-state index in [1.54, 1.807) is 49.7 Å². The lowest BCUT2D eigenvalue weighted by Crippen LogP contribution is -2.15. The highest BCUT2D eigenvalue weighted by molar-refractivity contribution is 7.92. The molecule has 120 valence electrons. The summed E-state index contributed by atoms with van der Waals surface area (Å²) in [6.45, 7) is 8.97. The van der Waals surface area contributed by atoms with Crippen LogP contribution in [0.1, 0.15) is 39.4 Å². The van der Waals surface area contributed by atoms with Crippen molar-refractivity contribution in [1.29, 1.82) is 0 Å². The normalized spacial score (nSPS) is 12.3. The predicted molar refractivity (Wildman–Crippen MR) is 86.8 cm³/mol. The van der Waals surface area contributed by atoms with Crippen molar-refractivity contribution < 1.29 is 13.5 Å². The minimum atomic E-state index is -3.46. The standard InChI is InChI=1S/C16H22N2O3S/c1-10(2)18-12(5)16(19)15(17-18)13-8-6-7-9-14(13)22(20,21)11(3)4/h6-11,19H,1-5H3. The molecule has 2 rings (SSSR count). The van der Waals surface area contributed by atoms with E-state index in [-0.39, 0.29) is 16.7 Å². The van der Waals surface area contributed by atoms with E-state index in [0.717, 1.165) is 0 Å². The summed E-state index contributed by atoms with van der Waals surface area (Å²) in [7, 11) is -3.46. The molecule has 0 radical (unpaired) electrons. The minimum absolute atomic E-state index is 0.0279. The Morgan fingerprint density at radius 1 is 1.14 bits per heavy atom. The van der Waals surface area contributed by atoms with Crippen LogP contribution in [-0.4, -0.2) is 28.6 Å². The lowest BCUT2D eigenvalue weighted by atomic mass is 10.1. The molecule has 22 heavy (non-hydrogen) atoms. The van der Waals surface area contributed by atoms with Gasteiger partial charge in [0.25, 0.3) is 0 Å². The monoisotopic (exact) mass is 322 g/mol. The van der Waals surface area contributed by atoms with Crippen LogP contribution in [0.3, 0.4) is 0 Å². The van der Waals surface area contributed by atoms with Crippen molar-refractivity contribution in [2.24, 2.45) is 0 Å². The zero-order valence-corrected chi connectivity index (χ0v) is 14.3. The Balaban J connectivity index is 2.73. The summed E-state index contributed by atoms with van der Waals surface area (Å²) in [4.78, 5) is 0.203. The van der Waals surface area contributed by atoms with Crippen molar-refractivity contribution in [1.82, 2.24) is 9.78 Å². The molecule has 0 unspecified atom stereocenters. The second kappa shape index (κ2) is 5.76. The number of aromatic hydroxyl groups is 1. The molecule has 0 bridgehead atoms. The topological polar surface area (TPSA) is 72.2 Å². The lowest BCUT2D eigenvalue weighted by Gasteiger charge is -2.11. The molecule has 0 saturated heterocycles. The highest BCUT2D eigenvalue weighted by atomic mass is 32.2. The molecular formula is C16H22N2O3S. The number of rotatable bonds is 4. The van der Waals surface area contributed by atoms with Crippen molar-refractivity contribution in [3.8, 4) is 17.0 Å². The predicted octanol–water partition coefficient (Wildman–Crippen LogP) is 3.33. The maximum atomic E-state index is 12.5. The van der Waals surface area contributed by atoms with Gasteiger partial charge in [-0.1, -0.05) is 18.2 Å². The Bertz CT molecular complexity index is 790. The molecule has 1 aromatic heterocycles. The third-order valence-corrected chi connectivity index (χ3v) is 5.89. The first-order chi connectivity index (χ1) is 10.2. The Morgan fingerprint density at radius 2 is 1.73 bits per heavy atom. The molecule has 0 spiro atoms. The van der Waals surface area contributed by atoms with Gasteiger partial charge in [-0.05, 0) is 40.7 Å². The third kappa shape index (κ3) is 2.63. The van der Waals surface area contributed by atoms with Gasteiger partial charge in [-0.3, -0.25) is 4.68 Å². The molecular weight excluding hydrogens is 300 g/mol. The Kier molecular flexibility index (Phi) is 4.33. The van der Waals surface area contributed by atoms with Crippen LogP contribution in [0.5, 0.6) is 5.75 Å². The highest BCUT2D eigenvalue weighted by Gasteiger charge is 2.26. The first-order valence-electron chi connectivity index (χ1n) is 7.29. The van der Waals surface area contributed by atoms with Gasteiger partial charge in [-0.2, -0.15) is 5.10 Å². The van der Waals surface area contributed by atoms with Crippen LogP contribution in [0, 0.1) is 6.92 Å². The molecule has 0 amide bonds. The van der Waals surface area contributed by atoms with Gasteiger partial charge in [0.05, 0.1) is 15.8 Å². The summed E-state index contributed by atoms with van der Waals surface area (Å²) < 4.78 is 26.8. The number of nitrogens with zero attached hydrogens (tertiary/aromatic N) is 2. The molecule has 0 atom stereocenters. The second-order valence-corrected chi connectivity index (χ2v) is 8.38. The first kappa shape index (κ1) is 16.5. The second-order valence-electron chi connectivity index (χ2n) is 5.91. The van der Waals surface area contributed by atoms with Gasteiger partial charge in [0.15, 0.2) is 15.6 Å². The van der Waals surface area contributed by atoms with Gasteiger partial charge < -0.3 is 5.11 Å². The van der Waals surface area contributed by atoms with E-state index in [9.17, 15) is 13.5 Å². The third-order valence-electron chi connectivity index (χ3n) is 3.68. The smallest absolute Gasteiger partial charge is 0.181 e. The summed E-state index contributed by atoms with van der Waals surface area (Å²) >= 11 is 0. The van der Waals surface area contributed by atoms with Gasteiger partial charge in [0, 0.05) is 11.6 Å². The van der Waals surface area contributed by atoms with E-state index >= 15 is 0 Å². The summed E-state index contributed by atoms with van der Waals surface area (Å²) in [5.41, 5.74) is 1.38. The van der Waals surface area contributed by atoms with E-state index in [0.29, 0.717) is 17.0 Å². The van der Waals surface area contributed by atoms with E-state index < -0.39 is 15.1 Å². The van der Waals surface area contributed by atoms with E-state index in [2.05, 4.69) is 5.10 Å². The van der Waals surface area contributed by atoms with Gasteiger partial charge >= 0.3 is 0 Å². The molecule has 2 aromatic rings. The fraction of sp³-hybridized carbons (Fsp3) is 0.438. The number of hydrogen-bond acceptors (Lipinski definition) is 4. The maximum absolute atomic E-state index is 12.5. The highest BCUT2D eigenvalue weighted by Crippen LogP contribution is 2.36. The summed E-state index contributed by atoms with van der Waals surface area (Å²) in [5.74, 6) is 0.0279. The number of sulfone groups is 1. The molecule has 5 nitrogen and oxygen atoms in total. The van der Waals surface area contributed by atoms with Crippen molar-refractivity contribution in [2.45, 2.75) is 50.8 Å². The van der Waals surface area contributed by atoms with Crippen molar-refractivity contribution in [3.05, 3.63) is 30.0 Å². The van der Waals surface area contributed by atoms with Gasteiger partial charge in [0.1, 0.15) is 5.69 Å². The fourth-order valence-corrected chi connectivity index (χ4v) is 3.61. The number of aromatic nitrogens is 2. The molecule has 0 saturated carbocycles. The molecule has 6 heteroatoms. The van der Waals surface area contributed by atoms with Crippen LogP contribution in [0.4, 0.5) is 0 Å². The van der Waals surface area contributed by atoms with Crippen molar-refractivity contribution >= 4 is 9.84 Å². The van der Waals surface area contributed by atoms with Crippen molar-refractivity contribution in [3.63, 3.8) is 0 Å². The number of hydrogen-bond donors (Lipinski definition) is 1. The van der Waals surface area contributed by atoms with Crippen molar-refractivity contribution in [2.75, 3.05) is 0 Å². The molecule has 1 heterocycles. The molecule has 0 fully saturated rings. The average molecular weight is 322 g/mol. The minimum Gasteiger partial charge on any atom is -0.504 e. The van der Waals surface area contributed by atoms with Crippen LogP contribution < -0.4 is 0 Å². The summed E-state index contributed by atoms with van der Waals surface area (Å²) in [6.07, 6.45) is 0. The number of benzene rings is 1. The fourth-order valence-electron chi connectivity index (χ4n) is 2.36. The van der Waals surface area contributed by atoms with Crippen LogP contribution in [0.25, 0.3) is 11.3 Å². The Morgan fingerprint density at radius 3 is 2.23 bits per heavy atom. The average Bonchev–Trinajstić information content (AvgIpc) is 2.75. The molecule has 1 N–H and O–H groups in total. The Hall–Kier alpha value is -1.82. The summed E-state index contributed by atoms with van der Waals surface area (Å²) in [6, 6.07) is 6.75. The zero-order chi connectivity index (χ0) is 16.7. The van der Waals surface area contributed by atoms with E-state index in [1.165, 1.54) is 0 Å². The largest absolute Gasteiger partial charge is 0.504 e. The summed E-state index contributed by atoms with van der Waals surface area (Å²) in [5, 5.41) is 14.2. The van der Waals surface area contributed by atoms with Crippen LogP contribution in [0.15, 0.2) is 29.2 Å². The van der Waals surface area contributed by atoms with Crippen LogP contribution >= 0.6 is 0 Å². The SMILES string of the molecule is Cc1c(O)c(-c2ccccc2S(=O)(=O)C(C)C)nn1C(C)C. The molecule has 1 aromatic carbocycles.